The van der Waals surface area contributed by atoms with Crippen molar-refractivity contribution >= 4 is 17.5 Å². The lowest BCUT2D eigenvalue weighted by Crippen LogP contribution is -2.08. The van der Waals surface area contributed by atoms with Gasteiger partial charge in [-0.25, -0.2) is 4.79 Å². The van der Waals surface area contributed by atoms with E-state index < -0.39 is 17.8 Å². The van der Waals surface area contributed by atoms with Gasteiger partial charge >= 0.3 is 12.1 Å². The Kier molecular flexibility index (Phi) is 5.00. The average Bonchev–Trinajstić information content (AvgIpc) is 2.99. The third-order valence-electron chi connectivity index (χ3n) is 4.09. The summed E-state index contributed by atoms with van der Waals surface area (Å²) in [5, 5.41) is 15.9. The van der Waals surface area contributed by atoms with Gasteiger partial charge in [0.25, 0.3) is 0 Å². The summed E-state index contributed by atoms with van der Waals surface area (Å²) in [5.41, 5.74) is -0.956. The maximum absolute atomic E-state index is 13.6. The van der Waals surface area contributed by atoms with E-state index in [2.05, 4.69) is 10.4 Å². The molecule has 3 aromatic rings. The highest BCUT2D eigenvalue weighted by molar-refractivity contribution is 5.96. The fraction of sp³-hybridized carbons (Fsp3) is 0.158. The van der Waals surface area contributed by atoms with Gasteiger partial charge < -0.3 is 15.2 Å². The molecule has 0 saturated carbocycles. The molecule has 0 unspecified atom stereocenters. The highest BCUT2D eigenvalue weighted by Gasteiger charge is 2.39. The van der Waals surface area contributed by atoms with Crippen molar-refractivity contribution in [2.75, 3.05) is 12.4 Å². The van der Waals surface area contributed by atoms with Crippen LogP contribution >= 0.6 is 0 Å². The van der Waals surface area contributed by atoms with Crippen molar-refractivity contribution in [1.29, 1.82) is 0 Å². The molecule has 6 nitrogen and oxygen atoms in total. The van der Waals surface area contributed by atoms with Gasteiger partial charge in [0, 0.05) is 7.05 Å². The molecule has 0 atom stereocenters. The number of methoxy groups -OCH3 is 1. The average molecular weight is 391 g/mol. The third kappa shape index (κ3) is 3.64. The number of carboxylic acids is 1. The van der Waals surface area contributed by atoms with Gasteiger partial charge in [0.2, 0.25) is 0 Å². The van der Waals surface area contributed by atoms with Crippen LogP contribution in [0.4, 0.5) is 24.7 Å². The number of carbonyl (C=O) groups is 1. The third-order valence-corrected chi connectivity index (χ3v) is 4.09. The van der Waals surface area contributed by atoms with E-state index in [9.17, 15) is 23.1 Å². The number of hydrogen-bond acceptors (Lipinski definition) is 4. The number of halogens is 3. The van der Waals surface area contributed by atoms with Gasteiger partial charge in [0.15, 0.2) is 5.69 Å². The second-order valence-electron chi connectivity index (χ2n) is 5.90. The number of aryl methyl sites for hydroxylation is 1. The van der Waals surface area contributed by atoms with Crippen LogP contribution in [0.5, 0.6) is 5.75 Å². The Morgan fingerprint density at radius 1 is 1.18 bits per heavy atom. The Hall–Kier alpha value is -3.49. The van der Waals surface area contributed by atoms with E-state index in [0.717, 1.165) is 4.68 Å². The number of anilines is 2. The lowest BCUT2D eigenvalue weighted by molar-refractivity contribution is -0.140. The number of rotatable bonds is 5. The van der Waals surface area contributed by atoms with Crippen molar-refractivity contribution < 1.29 is 27.8 Å². The summed E-state index contributed by atoms with van der Waals surface area (Å²) >= 11 is 0. The van der Waals surface area contributed by atoms with Gasteiger partial charge in [-0.3, -0.25) is 4.68 Å². The fourth-order valence-corrected chi connectivity index (χ4v) is 2.81. The predicted octanol–water partition coefficient (Wildman–Crippen LogP) is 4.56. The van der Waals surface area contributed by atoms with Crippen LogP contribution in [0.2, 0.25) is 0 Å². The summed E-state index contributed by atoms with van der Waals surface area (Å²) in [6.07, 6.45) is -4.68. The van der Waals surface area contributed by atoms with Crippen LogP contribution in [-0.2, 0) is 13.2 Å². The minimum Gasteiger partial charge on any atom is -0.497 e. The van der Waals surface area contributed by atoms with E-state index >= 15 is 0 Å². The minimum absolute atomic E-state index is 0.0196. The van der Waals surface area contributed by atoms with Crippen LogP contribution in [-0.4, -0.2) is 28.0 Å². The number of benzene rings is 2. The lowest BCUT2D eigenvalue weighted by Gasteiger charge is -2.14. The Morgan fingerprint density at radius 2 is 1.86 bits per heavy atom. The van der Waals surface area contributed by atoms with E-state index in [-0.39, 0.29) is 22.6 Å². The van der Waals surface area contributed by atoms with E-state index in [1.165, 1.54) is 44.5 Å². The van der Waals surface area contributed by atoms with Crippen molar-refractivity contribution in [3.8, 4) is 16.9 Å². The van der Waals surface area contributed by atoms with Gasteiger partial charge in [0.1, 0.15) is 11.6 Å². The Labute approximate surface area is 158 Å². The maximum atomic E-state index is 13.6. The molecule has 1 aromatic heterocycles. The van der Waals surface area contributed by atoms with Gasteiger partial charge in [-0.1, -0.05) is 30.3 Å². The molecular formula is C19H16F3N3O3. The first-order valence-electron chi connectivity index (χ1n) is 8.10. The fourth-order valence-electron chi connectivity index (χ4n) is 2.81. The van der Waals surface area contributed by atoms with Gasteiger partial charge in [-0.05, 0) is 23.8 Å². The Balaban J connectivity index is 2.19. The second kappa shape index (κ2) is 7.26. The normalized spacial score (nSPS) is 11.3. The largest absolute Gasteiger partial charge is 0.497 e. The molecule has 0 amide bonds. The first-order valence-corrected chi connectivity index (χ1v) is 8.10. The summed E-state index contributed by atoms with van der Waals surface area (Å²) in [4.78, 5) is 11.6. The van der Waals surface area contributed by atoms with E-state index in [4.69, 9.17) is 4.74 Å². The SMILES string of the molecule is COc1ccc(Nc2c(-c3ccccc3)c(C(F)(F)F)nn2C)c(C(=O)O)c1. The first-order chi connectivity index (χ1) is 13.2. The van der Waals surface area contributed by atoms with Crippen molar-refractivity contribution in [2.45, 2.75) is 6.18 Å². The van der Waals surface area contributed by atoms with Crippen molar-refractivity contribution in [2.24, 2.45) is 7.05 Å². The molecule has 0 aliphatic carbocycles. The molecule has 0 bridgehead atoms. The summed E-state index contributed by atoms with van der Waals surface area (Å²) in [6.45, 7) is 0. The highest BCUT2D eigenvalue weighted by Crippen LogP contribution is 2.41. The van der Waals surface area contributed by atoms with Crippen LogP contribution in [0, 0.1) is 0 Å². The monoisotopic (exact) mass is 391 g/mol. The van der Waals surface area contributed by atoms with Crippen LogP contribution < -0.4 is 10.1 Å². The summed E-state index contributed by atoms with van der Waals surface area (Å²) < 4.78 is 46.7. The molecule has 28 heavy (non-hydrogen) atoms. The zero-order chi connectivity index (χ0) is 20.5. The van der Waals surface area contributed by atoms with Crippen LogP contribution in [0.3, 0.4) is 0 Å². The van der Waals surface area contributed by atoms with Crippen molar-refractivity contribution in [3.05, 3.63) is 59.8 Å². The van der Waals surface area contributed by atoms with Crippen molar-refractivity contribution in [1.82, 2.24) is 9.78 Å². The first kappa shape index (κ1) is 19.3. The Morgan fingerprint density at radius 3 is 2.43 bits per heavy atom. The lowest BCUT2D eigenvalue weighted by atomic mass is 10.0. The molecule has 3 rings (SSSR count). The van der Waals surface area contributed by atoms with Gasteiger partial charge in [-0.2, -0.15) is 18.3 Å². The highest BCUT2D eigenvalue weighted by atomic mass is 19.4. The molecular weight excluding hydrogens is 375 g/mol. The smallest absolute Gasteiger partial charge is 0.435 e. The van der Waals surface area contributed by atoms with Crippen LogP contribution in [0.1, 0.15) is 16.1 Å². The molecule has 1 heterocycles. The molecule has 0 saturated heterocycles. The maximum Gasteiger partial charge on any atom is 0.435 e. The number of aromatic carboxylic acids is 1. The summed E-state index contributed by atoms with van der Waals surface area (Å²) in [6, 6.07) is 12.2. The zero-order valence-corrected chi connectivity index (χ0v) is 14.9. The number of alkyl halides is 3. The second-order valence-corrected chi connectivity index (χ2v) is 5.90. The number of ether oxygens (including phenoxy) is 1. The molecule has 146 valence electrons. The van der Waals surface area contributed by atoms with Crippen molar-refractivity contribution in [3.63, 3.8) is 0 Å². The Bertz CT molecular complexity index is 1010. The molecule has 2 aromatic carbocycles. The van der Waals surface area contributed by atoms with E-state index in [1.54, 1.807) is 18.2 Å². The molecule has 0 aliphatic heterocycles. The number of hydrogen-bond donors (Lipinski definition) is 2. The standard InChI is InChI=1S/C19H16F3N3O3/c1-25-17(23-14-9-8-12(28-2)10-13(14)18(26)27)15(11-6-4-3-5-7-11)16(24-25)19(20,21)22/h3-10,23H,1-2H3,(H,26,27). The van der Waals surface area contributed by atoms with E-state index in [1.807, 2.05) is 0 Å². The number of carboxylic acid groups (broad SMARTS) is 1. The molecule has 0 spiro atoms. The van der Waals surface area contributed by atoms with Gasteiger partial charge in [0.05, 0.1) is 23.9 Å². The number of nitrogens with one attached hydrogen (secondary N) is 1. The van der Waals surface area contributed by atoms with E-state index in [0.29, 0.717) is 11.3 Å². The molecule has 9 heteroatoms. The molecule has 2 N–H and O–H groups in total. The van der Waals surface area contributed by atoms with Crippen LogP contribution in [0.25, 0.3) is 11.1 Å². The number of aromatic nitrogens is 2. The summed E-state index contributed by atoms with van der Waals surface area (Å²) in [7, 11) is 2.74. The topological polar surface area (TPSA) is 76.4 Å². The zero-order valence-electron chi connectivity index (χ0n) is 14.9. The molecule has 0 radical (unpaired) electrons. The van der Waals surface area contributed by atoms with Gasteiger partial charge in [-0.15, -0.1) is 0 Å². The molecule has 0 fully saturated rings. The van der Waals surface area contributed by atoms with Crippen LogP contribution in [0.15, 0.2) is 48.5 Å². The molecule has 0 aliphatic rings. The summed E-state index contributed by atoms with van der Waals surface area (Å²) in [5.74, 6) is -0.917. The quantitative estimate of drug-likeness (QED) is 0.667. The minimum atomic E-state index is -4.68. The predicted molar refractivity (Wildman–Crippen MR) is 96.9 cm³/mol. The number of nitrogens with zero attached hydrogens (tertiary/aromatic N) is 2.